The minimum absolute atomic E-state index is 0.0741. The van der Waals surface area contributed by atoms with E-state index in [9.17, 15) is 18.0 Å². The number of hydrogen-bond donors (Lipinski definition) is 3. The number of piperazine rings is 1. The highest BCUT2D eigenvalue weighted by molar-refractivity contribution is 6.04. The Kier molecular flexibility index (Phi) is 8.89. The molecule has 0 spiro atoms. The van der Waals surface area contributed by atoms with Crippen LogP contribution in [0.25, 0.3) is 5.65 Å². The van der Waals surface area contributed by atoms with Crippen LogP contribution >= 0.6 is 0 Å². The summed E-state index contributed by atoms with van der Waals surface area (Å²) in [5.74, 6) is 5.75. The number of carbonyl (C=O) groups is 1. The molecule has 1 aliphatic heterocycles. The molecule has 240 valence electrons. The quantitative estimate of drug-likeness (QED) is 0.148. The third kappa shape index (κ3) is 7.25. The van der Waals surface area contributed by atoms with Crippen LogP contribution in [-0.4, -0.2) is 58.3 Å². The predicted octanol–water partition coefficient (Wildman–Crippen LogP) is 6.39. The van der Waals surface area contributed by atoms with E-state index in [0.29, 0.717) is 35.7 Å². The lowest BCUT2D eigenvalue weighted by atomic mass is 10.0. The minimum Gasteiger partial charge on any atom is -0.397 e. The summed E-state index contributed by atoms with van der Waals surface area (Å²) >= 11 is 0. The zero-order chi connectivity index (χ0) is 33.1. The van der Waals surface area contributed by atoms with Crippen molar-refractivity contribution >= 4 is 34.3 Å². The van der Waals surface area contributed by atoms with E-state index in [0.717, 1.165) is 36.1 Å². The van der Waals surface area contributed by atoms with E-state index in [4.69, 9.17) is 5.73 Å². The Morgan fingerprint density at radius 3 is 2.49 bits per heavy atom. The molecular weight excluding hydrogens is 603 g/mol. The van der Waals surface area contributed by atoms with Gasteiger partial charge in [-0.3, -0.25) is 14.1 Å². The number of benzene rings is 3. The van der Waals surface area contributed by atoms with E-state index in [1.165, 1.54) is 12.1 Å². The maximum Gasteiger partial charge on any atom is 0.416 e. The van der Waals surface area contributed by atoms with Crippen LogP contribution in [0.4, 0.5) is 35.9 Å². The standard InChI is InChI=1S/C36H34F3N7O/c1-24-9-10-26(35(47)42-28-13-11-27(30(21-28)36(37,38)39)23-45-18-16-44(2)17-19-45)20-25(24)12-14-29-22-41-34-33(8-5-15-46(29)34)43-32-7-4-3-6-31(32)40/h3-11,13,15,20-22,43H,16-19,23,40H2,1-2H3,(H,42,47). The summed E-state index contributed by atoms with van der Waals surface area (Å²) in [5, 5.41) is 5.96. The van der Waals surface area contributed by atoms with Gasteiger partial charge in [-0.25, -0.2) is 4.98 Å². The molecule has 0 saturated carbocycles. The summed E-state index contributed by atoms with van der Waals surface area (Å²) in [6.07, 6.45) is -1.04. The van der Waals surface area contributed by atoms with Gasteiger partial charge in [-0.1, -0.05) is 30.2 Å². The average molecular weight is 638 g/mol. The van der Waals surface area contributed by atoms with Crippen molar-refractivity contribution in [3.8, 4) is 11.8 Å². The van der Waals surface area contributed by atoms with Crippen LogP contribution in [0.2, 0.25) is 0 Å². The molecule has 11 heteroatoms. The number of aryl methyl sites for hydroxylation is 1. The number of amides is 1. The Labute approximate surface area is 271 Å². The lowest BCUT2D eigenvalue weighted by molar-refractivity contribution is -0.138. The van der Waals surface area contributed by atoms with Gasteiger partial charge in [0.2, 0.25) is 0 Å². The monoisotopic (exact) mass is 637 g/mol. The zero-order valence-corrected chi connectivity index (χ0v) is 26.0. The molecule has 3 heterocycles. The highest BCUT2D eigenvalue weighted by Gasteiger charge is 2.34. The Morgan fingerprint density at radius 1 is 0.957 bits per heavy atom. The third-order valence-electron chi connectivity index (χ3n) is 8.25. The number of carbonyl (C=O) groups excluding carboxylic acids is 1. The number of aromatic nitrogens is 2. The molecule has 4 N–H and O–H groups in total. The van der Waals surface area contributed by atoms with Crippen molar-refractivity contribution in [3.05, 3.63) is 119 Å². The van der Waals surface area contributed by atoms with Crippen molar-refractivity contribution in [2.45, 2.75) is 19.6 Å². The zero-order valence-electron chi connectivity index (χ0n) is 26.0. The fraction of sp³-hybridized carbons (Fsp3) is 0.222. The molecule has 3 aromatic carbocycles. The van der Waals surface area contributed by atoms with Gasteiger partial charge in [-0.05, 0) is 79.5 Å². The van der Waals surface area contributed by atoms with Gasteiger partial charge >= 0.3 is 6.18 Å². The molecule has 8 nitrogen and oxygen atoms in total. The van der Waals surface area contributed by atoms with Gasteiger partial charge in [0.05, 0.1) is 28.8 Å². The van der Waals surface area contributed by atoms with E-state index in [2.05, 4.69) is 32.4 Å². The number of nitrogens with one attached hydrogen (secondary N) is 2. The van der Waals surface area contributed by atoms with Crippen LogP contribution in [0.5, 0.6) is 0 Å². The summed E-state index contributed by atoms with van der Waals surface area (Å²) in [6.45, 7) is 5.08. The number of nitrogens with zero attached hydrogens (tertiary/aromatic N) is 4. The Morgan fingerprint density at radius 2 is 1.72 bits per heavy atom. The minimum atomic E-state index is -4.56. The molecule has 0 atom stereocenters. The van der Waals surface area contributed by atoms with E-state index < -0.39 is 17.6 Å². The van der Waals surface area contributed by atoms with E-state index >= 15 is 0 Å². The first-order valence-corrected chi connectivity index (χ1v) is 15.2. The van der Waals surface area contributed by atoms with Gasteiger partial charge in [0.1, 0.15) is 5.69 Å². The molecule has 0 radical (unpaired) electrons. The number of rotatable bonds is 6. The fourth-order valence-corrected chi connectivity index (χ4v) is 5.49. The summed E-state index contributed by atoms with van der Waals surface area (Å²) in [7, 11) is 2.00. The fourth-order valence-electron chi connectivity index (χ4n) is 5.49. The third-order valence-corrected chi connectivity index (χ3v) is 8.25. The van der Waals surface area contributed by atoms with Crippen LogP contribution in [0, 0.1) is 18.8 Å². The number of likely N-dealkylation sites (N-methyl/N-ethyl adjacent to an activating group) is 1. The second-order valence-electron chi connectivity index (χ2n) is 11.7. The van der Waals surface area contributed by atoms with E-state index in [1.54, 1.807) is 24.4 Å². The molecule has 0 unspecified atom stereocenters. The van der Waals surface area contributed by atoms with Crippen LogP contribution in [0.1, 0.15) is 38.3 Å². The number of nitrogens with two attached hydrogens (primary N) is 1. The van der Waals surface area contributed by atoms with Crippen molar-refractivity contribution < 1.29 is 18.0 Å². The van der Waals surface area contributed by atoms with Crippen LogP contribution < -0.4 is 16.4 Å². The molecule has 0 bridgehead atoms. The summed E-state index contributed by atoms with van der Waals surface area (Å²) in [6, 6.07) is 20.2. The molecule has 1 saturated heterocycles. The molecule has 6 rings (SSSR count). The maximum absolute atomic E-state index is 14.1. The number of halogens is 3. The lowest BCUT2D eigenvalue weighted by Crippen LogP contribution is -2.44. The molecule has 1 fully saturated rings. The first-order chi connectivity index (χ1) is 22.5. The second-order valence-corrected chi connectivity index (χ2v) is 11.7. The summed E-state index contributed by atoms with van der Waals surface area (Å²) in [5.41, 5.74) is 10.8. The molecule has 0 aliphatic carbocycles. The number of fused-ring (bicyclic) bond motifs is 1. The Hall–Kier alpha value is -5.31. The topological polar surface area (TPSA) is 90.9 Å². The van der Waals surface area contributed by atoms with Gasteiger partial charge in [0, 0.05) is 55.7 Å². The smallest absolute Gasteiger partial charge is 0.397 e. The first-order valence-electron chi connectivity index (χ1n) is 15.2. The number of pyridine rings is 1. The molecule has 1 aliphatic rings. The maximum atomic E-state index is 14.1. The first kappa shape index (κ1) is 31.7. The number of imidazole rings is 1. The number of alkyl halides is 3. The van der Waals surface area contributed by atoms with Crippen molar-refractivity contribution in [2.24, 2.45) is 0 Å². The highest BCUT2D eigenvalue weighted by atomic mass is 19.4. The van der Waals surface area contributed by atoms with Gasteiger partial charge in [0.15, 0.2) is 5.65 Å². The van der Waals surface area contributed by atoms with E-state index in [1.807, 2.05) is 65.9 Å². The summed E-state index contributed by atoms with van der Waals surface area (Å²) in [4.78, 5) is 21.9. The van der Waals surface area contributed by atoms with Crippen molar-refractivity contribution in [1.82, 2.24) is 19.2 Å². The van der Waals surface area contributed by atoms with Gasteiger partial charge in [0.25, 0.3) is 5.91 Å². The van der Waals surface area contributed by atoms with Crippen molar-refractivity contribution in [1.29, 1.82) is 0 Å². The van der Waals surface area contributed by atoms with Crippen LogP contribution in [0.15, 0.2) is 85.2 Å². The number of nitrogen functional groups attached to an aromatic ring is 1. The van der Waals surface area contributed by atoms with Crippen LogP contribution in [-0.2, 0) is 12.7 Å². The van der Waals surface area contributed by atoms with Gasteiger partial charge in [-0.15, -0.1) is 0 Å². The van der Waals surface area contributed by atoms with Crippen molar-refractivity contribution in [2.75, 3.05) is 49.6 Å². The number of anilines is 4. The summed E-state index contributed by atoms with van der Waals surface area (Å²) < 4.78 is 44.1. The molecule has 5 aromatic rings. The van der Waals surface area contributed by atoms with Gasteiger partial charge < -0.3 is 21.3 Å². The Balaban J connectivity index is 1.20. The largest absolute Gasteiger partial charge is 0.416 e. The number of hydrogen-bond acceptors (Lipinski definition) is 6. The Bertz CT molecular complexity index is 2000. The average Bonchev–Trinajstić information content (AvgIpc) is 3.47. The SMILES string of the molecule is Cc1ccc(C(=O)Nc2ccc(CN3CCN(C)CC3)c(C(F)(F)F)c2)cc1C#Cc1cnc2c(Nc3ccccc3N)cccn12. The molecule has 2 aromatic heterocycles. The normalized spacial score (nSPS) is 14.1. The molecular formula is C36H34F3N7O. The van der Waals surface area contributed by atoms with Crippen LogP contribution in [0.3, 0.4) is 0 Å². The number of para-hydroxylation sites is 2. The second kappa shape index (κ2) is 13.2. The van der Waals surface area contributed by atoms with Gasteiger partial charge in [-0.2, -0.15) is 13.2 Å². The molecule has 47 heavy (non-hydrogen) atoms. The lowest BCUT2D eigenvalue weighted by Gasteiger charge is -2.33. The highest BCUT2D eigenvalue weighted by Crippen LogP contribution is 2.35. The molecule has 1 amide bonds. The van der Waals surface area contributed by atoms with E-state index in [-0.39, 0.29) is 23.4 Å². The van der Waals surface area contributed by atoms with Crippen molar-refractivity contribution in [3.63, 3.8) is 0 Å². The predicted molar refractivity (Wildman–Crippen MR) is 179 cm³/mol.